The molecule has 2 aromatic rings. The van der Waals surface area contributed by atoms with Crippen molar-refractivity contribution in [3.8, 4) is 0 Å². The number of hydrogen-bond acceptors (Lipinski definition) is 0. The van der Waals surface area contributed by atoms with Crippen LogP contribution in [0.1, 0.15) is 27.1 Å². The van der Waals surface area contributed by atoms with E-state index in [4.69, 9.17) is 0 Å². The van der Waals surface area contributed by atoms with Crippen LogP contribution in [0.2, 0.25) is 0 Å². The minimum absolute atomic E-state index is 0.375. The van der Waals surface area contributed by atoms with Gasteiger partial charge in [-0.05, 0) is 54.7 Å². The second kappa shape index (κ2) is 6.03. The van der Waals surface area contributed by atoms with Crippen molar-refractivity contribution < 1.29 is 0 Å². The van der Waals surface area contributed by atoms with E-state index in [2.05, 4.69) is 88.2 Å². The largest absolute Gasteiger partial charge is 0.0835 e. The van der Waals surface area contributed by atoms with Crippen molar-refractivity contribution in [1.82, 2.24) is 0 Å². The number of alkyl halides is 1. The highest BCUT2D eigenvalue weighted by Crippen LogP contribution is 2.32. The van der Waals surface area contributed by atoms with Crippen molar-refractivity contribution in [1.29, 1.82) is 0 Å². The maximum Gasteiger partial charge on any atom is 0.0440 e. The van der Waals surface area contributed by atoms with Gasteiger partial charge in [-0.15, -0.1) is 0 Å². The third-order valence-corrected chi connectivity index (χ3v) is 4.49. The minimum Gasteiger partial charge on any atom is -0.0835 e. The fraction of sp³-hybridized carbons (Fsp3) is 0.250. The Morgan fingerprint density at radius 3 is 2.06 bits per heavy atom. The average molecular weight is 368 g/mol. The van der Waals surface area contributed by atoms with Gasteiger partial charge >= 0.3 is 0 Å². The second-order valence-corrected chi connectivity index (χ2v) is 6.62. The van der Waals surface area contributed by atoms with Gasteiger partial charge in [-0.1, -0.05) is 62.2 Å². The lowest BCUT2D eigenvalue weighted by atomic mass is 9.96. The first-order chi connectivity index (χ1) is 8.58. The average Bonchev–Trinajstić information content (AvgIpc) is 2.32. The van der Waals surface area contributed by atoms with E-state index in [0.29, 0.717) is 4.83 Å². The molecule has 1 atom stereocenters. The summed E-state index contributed by atoms with van der Waals surface area (Å²) in [7, 11) is 0. The van der Waals surface area contributed by atoms with Gasteiger partial charge in [0.05, 0.1) is 0 Å². The van der Waals surface area contributed by atoms with Crippen LogP contribution in [0.3, 0.4) is 0 Å². The van der Waals surface area contributed by atoms with Gasteiger partial charge in [0.25, 0.3) is 0 Å². The van der Waals surface area contributed by atoms with Crippen LogP contribution in [-0.4, -0.2) is 0 Å². The van der Waals surface area contributed by atoms with Crippen molar-refractivity contribution in [2.45, 2.75) is 25.1 Å². The van der Waals surface area contributed by atoms with Gasteiger partial charge in [-0.3, -0.25) is 0 Å². The van der Waals surface area contributed by atoms with Crippen LogP contribution in [0.5, 0.6) is 0 Å². The monoisotopic (exact) mass is 366 g/mol. The molecule has 2 rings (SSSR count). The summed E-state index contributed by atoms with van der Waals surface area (Å²) in [5.41, 5.74) is 5.48. The van der Waals surface area contributed by atoms with Gasteiger partial charge in [0.15, 0.2) is 0 Å². The van der Waals surface area contributed by atoms with Gasteiger partial charge < -0.3 is 0 Å². The van der Waals surface area contributed by atoms with E-state index in [9.17, 15) is 0 Å². The normalized spacial score (nSPS) is 12.4. The summed E-state index contributed by atoms with van der Waals surface area (Å²) in [4.78, 5) is 0.375. The summed E-state index contributed by atoms with van der Waals surface area (Å²) in [5.74, 6) is 0. The van der Waals surface area contributed by atoms with E-state index >= 15 is 0 Å². The molecular weight excluding hydrogens is 352 g/mol. The van der Waals surface area contributed by atoms with Gasteiger partial charge in [-0.25, -0.2) is 0 Å². The highest BCUT2D eigenvalue weighted by atomic mass is 79.9. The van der Waals surface area contributed by atoms with Gasteiger partial charge in [0.2, 0.25) is 0 Å². The maximum absolute atomic E-state index is 3.83. The number of benzene rings is 2. The molecule has 0 aliphatic rings. The third-order valence-electron chi connectivity index (χ3n) is 3.18. The molecule has 2 aromatic carbocycles. The quantitative estimate of drug-likeness (QED) is 0.606. The Hall–Kier alpha value is -0.600. The molecule has 18 heavy (non-hydrogen) atoms. The summed E-state index contributed by atoms with van der Waals surface area (Å²) in [5, 5.41) is 0. The molecule has 0 saturated carbocycles. The summed E-state index contributed by atoms with van der Waals surface area (Å²) in [6, 6.07) is 15.0. The molecule has 2 heteroatoms. The molecule has 0 spiro atoms. The highest BCUT2D eigenvalue weighted by molar-refractivity contribution is 9.10. The minimum atomic E-state index is 0.375. The Kier molecular flexibility index (Phi) is 4.63. The zero-order valence-electron chi connectivity index (χ0n) is 10.6. The molecule has 0 fully saturated rings. The Balaban J connectivity index is 2.22. The van der Waals surface area contributed by atoms with Crippen molar-refractivity contribution in [2.75, 3.05) is 0 Å². The topological polar surface area (TPSA) is 0 Å². The zero-order chi connectivity index (χ0) is 13.1. The zero-order valence-corrected chi connectivity index (χ0v) is 13.8. The van der Waals surface area contributed by atoms with Crippen molar-refractivity contribution in [3.63, 3.8) is 0 Å². The molecule has 0 heterocycles. The van der Waals surface area contributed by atoms with E-state index in [-0.39, 0.29) is 0 Å². The van der Waals surface area contributed by atoms with Crippen LogP contribution in [0.25, 0.3) is 0 Å². The molecule has 1 unspecified atom stereocenters. The Morgan fingerprint density at radius 1 is 0.944 bits per heavy atom. The van der Waals surface area contributed by atoms with E-state index in [0.717, 1.165) is 10.9 Å². The molecule has 0 saturated heterocycles. The third kappa shape index (κ3) is 3.24. The lowest BCUT2D eigenvalue weighted by Gasteiger charge is -2.16. The number of rotatable bonds is 3. The standard InChI is InChI=1S/C16H16Br2/c1-11-4-3-5-12(2)16(11)15(18)10-13-6-8-14(17)9-7-13/h3-9,15H,10H2,1-2H3. The fourth-order valence-corrected chi connectivity index (χ4v) is 3.61. The highest BCUT2D eigenvalue weighted by Gasteiger charge is 2.13. The van der Waals surface area contributed by atoms with Gasteiger partial charge in [-0.2, -0.15) is 0 Å². The van der Waals surface area contributed by atoms with Gasteiger partial charge in [0.1, 0.15) is 0 Å². The van der Waals surface area contributed by atoms with Crippen molar-refractivity contribution in [2.24, 2.45) is 0 Å². The maximum atomic E-state index is 3.83. The smallest absolute Gasteiger partial charge is 0.0440 e. The molecule has 0 N–H and O–H groups in total. The fourth-order valence-electron chi connectivity index (χ4n) is 2.25. The number of aryl methyl sites for hydroxylation is 2. The molecule has 0 radical (unpaired) electrons. The van der Waals surface area contributed by atoms with Crippen LogP contribution in [0.15, 0.2) is 46.9 Å². The Labute approximate surface area is 126 Å². The molecule has 0 nitrogen and oxygen atoms in total. The summed E-state index contributed by atoms with van der Waals surface area (Å²) in [6.45, 7) is 4.36. The van der Waals surface area contributed by atoms with E-state index in [1.165, 1.54) is 22.3 Å². The molecule has 0 aliphatic carbocycles. The molecule has 0 bridgehead atoms. The molecule has 0 amide bonds. The first kappa shape index (κ1) is 13.8. The first-order valence-electron chi connectivity index (χ1n) is 6.02. The predicted molar refractivity (Wildman–Crippen MR) is 85.4 cm³/mol. The summed E-state index contributed by atoms with van der Waals surface area (Å²) < 4.78 is 1.13. The second-order valence-electron chi connectivity index (χ2n) is 4.60. The number of halogens is 2. The summed E-state index contributed by atoms with van der Waals surface area (Å²) in [6.07, 6.45) is 1.01. The molecule has 94 valence electrons. The van der Waals surface area contributed by atoms with Crippen LogP contribution < -0.4 is 0 Å². The lowest BCUT2D eigenvalue weighted by Crippen LogP contribution is -2.00. The first-order valence-corrected chi connectivity index (χ1v) is 7.73. The van der Waals surface area contributed by atoms with E-state index < -0.39 is 0 Å². The molecular formula is C16H16Br2. The predicted octanol–water partition coefficient (Wildman–Crippen LogP) is 5.74. The molecule has 0 aromatic heterocycles. The lowest BCUT2D eigenvalue weighted by molar-refractivity contribution is 0.927. The Bertz CT molecular complexity index is 509. The number of hydrogen-bond donors (Lipinski definition) is 0. The van der Waals surface area contributed by atoms with E-state index in [1.54, 1.807) is 0 Å². The van der Waals surface area contributed by atoms with Crippen LogP contribution in [0.4, 0.5) is 0 Å². The van der Waals surface area contributed by atoms with Crippen LogP contribution in [0, 0.1) is 13.8 Å². The van der Waals surface area contributed by atoms with Crippen LogP contribution >= 0.6 is 31.9 Å². The van der Waals surface area contributed by atoms with Gasteiger partial charge in [0, 0.05) is 9.30 Å². The van der Waals surface area contributed by atoms with Crippen molar-refractivity contribution in [3.05, 3.63) is 69.2 Å². The van der Waals surface area contributed by atoms with E-state index in [1.807, 2.05) is 0 Å². The van der Waals surface area contributed by atoms with Crippen LogP contribution in [-0.2, 0) is 6.42 Å². The SMILES string of the molecule is Cc1cccc(C)c1C(Br)Cc1ccc(Br)cc1. The van der Waals surface area contributed by atoms with Crippen molar-refractivity contribution >= 4 is 31.9 Å². The Morgan fingerprint density at radius 2 is 1.50 bits per heavy atom. The summed E-state index contributed by atoms with van der Waals surface area (Å²) >= 11 is 7.30. The molecule has 0 aliphatic heterocycles.